The van der Waals surface area contributed by atoms with Gasteiger partial charge < -0.3 is 25.3 Å². The third kappa shape index (κ3) is 2.99. The molecule has 3 N–H and O–H groups in total. The molecule has 26 heavy (non-hydrogen) atoms. The van der Waals surface area contributed by atoms with Crippen molar-refractivity contribution >= 4 is 29.5 Å². The molecule has 3 fully saturated rings. The molecule has 8 nitrogen and oxygen atoms in total. The third-order valence-electron chi connectivity index (χ3n) is 5.85. The summed E-state index contributed by atoms with van der Waals surface area (Å²) in [5, 5.41) is 22.7. The quantitative estimate of drug-likeness (QED) is 0.533. The normalized spacial score (nSPS) is 40.1. The van der Waals surface area contributed by atoms with E-state index in [-0.39, 0.29) is 40.3 Å². The van der Waals surface area contributed by atoms with Crippen LogP contribution in [-0.4, -0.2) is 93.2 Å². The largest absolute Gasteiger partial charge is 0.480 e. The Balaban J connectivity index is 1.72. The van der Waals surface area contributed by atoms with Crippen molar-refractivity contribution in [3.63, 3.8) is 0 Å². The average Bonchev–Trinajstić information content (AvgIpc) is 3.09. The molecule has 2 amide bonds. The Morgan fingerprint density at radius 3 is 2.58 bits per heavy atom. The minimum atomic E-state index is -0.999. The van der Waals surface area contributed by atoms with Gasteiger partial charge in [-0.1, -0.05) is 6.92 Å². The summed E-state index contributed by atoms with van der Waals surface area (Å²) in [7, 11) is 3.44. The fraction of sp³-hybridized carbons (Fsp3) is 0.824. The van der Waals surface area contributed by atoms with Gasteiger partial charge in [0.15, 0.2) is 0 Å². The SMILES string of the molecule is C[C@@H](O)[C@H]1C(=O)N2C(C(=O)O)C(SC3CN[C@H](C(=O)N(C)C)C3)[C@H](C)[C@H]12. The highest BCUT2D eigenvalue weighted by Crippen LogP contribution is 2.50. The molecule has 3 aliphatic rings. The second-order valence-electron chi connectivity index (χ2n) is 7.80. The van der Waals surface area contributed by atoms with Crippen LogP contribution in [0.3, 0.4) is 0 Å². The van der Waals surface area contributed by atoms with Crippen LogP contribution in [0.4, 0.5) is 0 Å². The monoisotopic (exact) mass is 385 g/mol. The molecule has 8 atom stereocenters. The summed E-state index contributed by atoms with van der Waals surface area (Å²) in [4.78, 5) is 39.4. The highest BCUT2D eigenvalue weighted by Gasteiger charge is 2.64. The molecule has 0 aromatic rings. The van der Waals surface area contributed by atoms with E-state index >= 15 is 0 Å². The number of nitrogens with one attached hydrogen (secondary N) is 1. The van der Waals surface area contributed by atoms with Crippen LogP contribution >= 0.6 is 11.8 Å². The molecule has 0 radical (unpaired) electrons. The maximum Gasteiger partial charge on any atom is 0.327 e. The fourth-order valence-electron chi connectivity index (χ4n) is 4.58. The lowest BCUT2D eigenvalue weighted by Crippen LogP contribution is -2.65. The topological polar surface area (TPSA) is 110 Å². The number of amides is 2. The first kappa shape index (κ1) is 19.4. The molecule has 146 valence electrons. The molecule has 3 heterocycles. The predicted octanol–water partition coefficient (Wildman–Crippen LogP) is -0.782. The lowest BCUT2D eigenvalue weighted by molar-refractivity contribution is -0.170. The van der Waals surface area contributed by atoms with Crippen molar-refractivity contribution in [3.05, 3.63) is 0 Å². The Hall–Kier alpha value is -1.32. The first-order valence-corrected chi connectivity index (χ1v) is 9.92. The van der Waals surface area contributed by atoms with Gasteiger partial charge in [0.1, 0.15) is 6.04 Å². The number of thioether (sulfide) groups is 1. The number of carboxylic acids is 1. The van der Waals surface area contributed by atoms with Crippen molar-refractivity contribution in [2.24, 2.45) is 11.8 Å². The molecule has 3 rings (SSSR count). The smallest absolute Gasteiger partial charge is 0.327 e. The van der Waals surface area contributed by atoms with Crippen LogP contribution in [0.15, 0.2) is 0 Å². The standard InChI is InChI=1S/C17H27N3O5S/c1-7-12-11(8(2)21)16(23)20(12)13(17(24)25)14(7)26-9-5-10(18-6-9)15(22)19(3)4/h7-14,18,21H,5-6H2,1-4H3,(H,24,25)/t7-,8-,9?,10+,11-,12-,13?,14?/m1/s1. The number of likely N-dealkylation sites (N-methyl/N-ethyl adjacent to an activating group) is 1. The van der Waals surface area contributed by atoms with E-state index in [1.54, 1.807) is 37.7 Å². The number of rotatable bonds is 5. The predicted molar refractivity (Wildman–Crippen MR) is 96.7 cm³/mol. The van der Waals surface area contributed by atoms with Gasteiger partial charge >= 0.3 is 5.97 Å². The Labute approximate surface area is 157 Å². The Morgan fingerprint density at radius 1 is 1.38 bits per heavy atom. The fourth-order valence-corrected chi connectivity index (χ4v) is 6.32. The summed E-state index contributed by atoms with van der Waals surface area (Å²) in [6.07, 6.45) is -0.130. The molecule has 0 spiro atoms. The summed E-state index contributed by atoms with van der Waals surface area (Å²) in [6, 6.07) is -1.34. The number of aliphatic carboxylic acids is 1. The van der Waals surface area contributed by atoms with E-state index < -0.39 is 24.0 Å². The second-order valence-corrected chi connectivity index (χ2v) is 9.28. The molecule has 0 aliphatic carbocycles. The number of aliphatic hydroxyl groups excluding tert-OH is 1. The molecule has 0 aromatic heterocycles. The van der Waals surface area contributed by atoms with Gasteiger partial charge in [-0.25, -0.2) is 4.79 Å². The van der Waals surface area contributed by atoms with Crippen LogP contribution in [0.2, 0.25) is 0 Å². The highest BCUT2D eigenvalue weighted by atomic mass is 32.2. The summed E-state index contributed by atoms with van der Waals surface area (Å²) in [6.45, 7) is 4.19. The highest BCUT2D eigenvalue weighted by molar-refractivity contribution is 8.00. The molecular weight excluding hydrogens is 358 g/mol. The molecule has 3 aliphatic heterocycles. The number of hydrogen-bond acceptors (Lipinski definition) is 6. The van der Waals surface area contributed by atoms with Gasteiger partial charge in [0.25, 0.3) is 0 Å². The molecule has 0 saturated carbocycles. The zero-order chi connectivity index (χ0) is 19.3. The van der Waals surface area contributed by atoms with Gasteiger partial charge in [0.05, 0.1) is 24.1 Å². The summed E-state index contributed by atoms with van der Waals surface area (Å²) < 4.78 is 0. The zero-order valence-corrected chi connectivity index (χ0v) is 16.3. The minimum Gasteiger partial charge on any atom is -0.480 e. The summed E-state index contributed by atoms with van der Waals surface area (Å²) >= 11 is 1.57. The van der Waals surface area contributed by atoms with E-state index in [1.807, 2.05) is 6.92 Å². The van der Waals surface area contributed by atoms with E-state index in [0.29, 0.717) is 13.0 Å². The van der Waals surface area contributed by atoms with Crippen LogP contribution < -0.4 is 5.32 Å². The summed E-state index contributed by atoms with van der Waals surface area (Å²) in [5.74, 6) is -1.78. The van der Waals surface area contributed by atoms with Crippen molar-refractivity contribution in [1.29, 1.82) is 0 Å². The van der Waals surface area contributed by atoms with Crippen molar-refractivity contribution in [1.82, 2.24) is 15.1 Å². The number of carbonyl (C=O) groups excluding carboxylic acids is 2. The van der Waals surface area contributed by atoms with Crippen molar-refractivity contribution < 1.29 is 24.6 Å². The van der Waals surface area contributed by atoms with E-state index in [2.05, 4.69) is 5.32 Å². The number of hydrogen-bond donors (Lipinski definition) is 3. The zero-order valence-electron chi connectivity index (χ0n) is 15.5. The molecule has 9 heteroatoms. The molecule has 0 aromatic carbocycles. The Kier molecular flexibility index (Phi) is 5.24. The number of carbonyl (C=O) groups is 3. The second kappa shape index (κ2) is 7.01. The van der Waals surface area contributed by atoms with Crippen LogP contribution in [0, 0.1) is 11.8 Å². The Bertz CT molecular complexity index is 613. The van der Waals surface area contributed by atoms with Crippen LogP contribution in [0.25, 0.3) is 0 Å². The van der Waals surface area contributed by atoms with Crippen molar-refractivity contribution in [3.8, 4) is 0 Å². The number of fused-ring (bicyclic) bond motifs is 1. The van der Waals surface area contributed by atoms with Gasteiger partial charge in [-0.2, -0.15) is 11.8 Å². The number of aliphatic hydroxyl groups is 1. The lowest BCUT2D eigenvalue weighted by Gasteiger charge is -2.47. The first-order chi connectivity index (χ1) is 12.1. The summed E-state index contributed by atoms with van der Waals surface area (Å²) in [5.41, 5.74) is 0. The van der Waals surface area contributed by atoms with Crippen molar-refractivity contribution in [2.45, 2.75) is 55.0 Å². The van der Waals surface area contributed by atoms with Gasteiger partial charge in [-0.3, -0.25) is 9.59 Å². The molecule has 3 saturated heterocycles. The molecule has 3 unspecified atom stereocenters. The maximum atomic E-state index is 12.4. The lowest BCUT2D eigenvalue weighted by atomic mass is 9.79. The first-order valence-electron chi connectivity index (χ1n) is 8.98. The number of carboxylic acid groups (broad SMARTS) is 1. The maximum absolute atomic E-state index is 12.4. The van der Waals surface area contributed by atoms with Crippen LogP contribution in [-0.2, 0) is 14.4 Å². The van der Waals surface area contributed by atoms with E-state index in [9.17, 15) is 24.6 Å². The van der Waals surface area contributed by atoms with E-state index in [1.165, 1.54) is 4.90 Å². The average molecular weight is 385 g/mol. The van der Waals surface area contributed by atoms with Gasteiger partial charge in [-0.05, 0) is 19.3 Å². The van der Waals surface area contributed by atoms with Crippen LogP contribution in [0.5, 0.6) is 0 Å². The Morgan fingerprint density at radius 2 is 2.04 bits per heavy atom. The van der Waals surface area contributed by atoms with E-state index in [4.69, 9.17) is 0 Å². The molecular formula is C17H27N3O5S. The third-order valence-corrected chi connectivity index (χ3v) is 7.59. The van der Waals surface area contributed by atoms with Gasteiger partial charge in [0, 0.05) is 31.1 Å². The molecule has 0 bridgehead atoms. The van der Waals surface area contributed by atoms with E-state index in [0.717, 1.165) is 0 Å². The number of β-lactam (4-membered cyclic amide) rings is 1. The van der Waals surface area contributed by atoms with Crippen molar-refractivity contribution in [2.75, 3.05) is 20.6 Å². The number of nitrogens with zero attached hydrogens (tertiary/aromatic N) is 2. The minimum absolute atomic E-state index is 0.0236. The van der Waals surface area contributed by atoms with Gasteiger partial charge in [0.2, 0.25) is 11.8 Å². The van der Waals surface area contributed by atoms with Gasteiger partial charge in [-0.15, -0.1) is 0 Å². The van der Waals surface area contributed by atoms with Crippen LogP contribution in [0.1, 0.15) is 20.3 Å².